The number of hydrogen-bond acceptors (Lipinski definition) is 6. The number of rotatable bonds is 2. The number of piperidine rings is 1. The molecule has 2 aromatic heterocycles. The van der Waals surface area contributed by atoms with Gasteiger partial charge in [-0.3, -0.25) is 0 Å². The van der Waals surface area contributed by atoms with Crippen LogP contribution in [0.15, 0.2) is 6.33 Å². The number of fused-ring (bicyclic) bond motifs is 1. The van der Waals surface area contributed by atoms with Crippen LogP contribution in [0.2, 0.25) is 0 Å². The highest BCUT2D eigenvalue weighted by molar-refractivity contribution is 5.83. The normalized spacial score (nSPS) is 18.6. The molecule has 1 atom stereocenters. The third-order valence-corrected chi connectivity index (χ3v) is 3.96. The number of carbonyl (C=O) groups excluding carboxylic acids is 1. The van der Waals surface area contributed by atoms with Crippen LogP contribution in [0.25, 0.3) is 11.2 Å². The summed E-state index contributed by atoms with van der Waals surface area (Å²) in [6, 6.07) is -0.268. The third kappa shape index (κ3) is 4.58. The van der Waals surface area contributed by atoms with E-state index >= 15 is 0 Å². The van der Waals surface area contributed by atoms with E-state index in [-0.39, 0.29) is 17.5 Å². The van der Waals surface area contributed by atoms with Gasteiger partial charge < -0.3 is 19.9 Å². The van der Waals surface area contributed by atoms with E-state index in [1.165, 1.54) is 6.33 Å². The van der Waals surface area contributed by atoms with Crippen molar-refractivity contribution in [2.45, 2.75) is 51.4 Å². The number of nitrogens with zero attached hydrogens (tertiary/aromatic N) is 4. The molecule has 1 aliphatic rings. The average Bonchev–Trinajstić information content (AvgIpc) is 2.99. The van der Waals surface area contributed by atoms with E-state index in [1.807, 2.05) is 0 Å². The van der Waals surface area contributed by atoms with Gasteiger partial charge in [-0.1, -0.05) is 0 Å². The molecule has 3 rings (SSSR count). The Bertz CT molecular complexity index is 830. The lowest BCUT2D eigenvalue weighted by Gasteiger charge is -2.34. The molecular formula is C16H21F3N6O2. The first-order chi connectivity index (χ1) is 12.5. The third-order valence-electron chi connectivity index (χ3n) is 3.96. The molecule has 3 heterocycles. The van der Waals surface area contributed by atoms with Gasteiger partial charge in [-0.15, -0.1) is 0 Å². The average molecular weight is 386 g/mol. The van der Waals surface area contributed by atoms with Crippen molar-refractivity contribution < 1.29 is 22.7 Å². The Hall–Kier alpha value is -2.59. The Kier molecular flexibility index (Phi) is 4.87. The molecule has 1 fully saturated rings. The summed E-state index contributed by atoms with van der Waals surface area (Å²) in [5.74, 6) is -1.11. The predicted molar refractivity (Wildman–Crippen MR) is 91.3 cm³/mol. The van der Waals surface area contributed by atoms with Crippen LogP contribution in [-0.4, -0.2) is 50.8 Å². The summed E-state index contributed by atoms with van der Waals surface area (Å²) < 4.78 is 44.6. The summed E-state index contributed by atoms with van der Waals surface area (Å²) in [6.07, 6.45) is -2.57. The number of halogens is 3. The van der Waals surface area contributed by atoms with Crippen LogP contribution in [-0.2, 0) is 10.9 Å². The van der Waals surface area contributed by atoms with Gasteiger partial charge in [0.05, 0.1) is 6.33 Å². The zero-order valence-corrected chi connectivity index (χ0v) is 15.2. The van der Waals surface area contributed by atoms with Gasteiger partial charge in [-0.25, -0.2) is 19.7 Å². The molecule has 2 N–H and O–H groups in total. The molecule has 0 radical (unpaired) electrons. The molecule has 27 heavy (non-hydrogen) atoms. The number of carbonyl (C=O) groups is 1. The fourth-order valence-electron chi connectivity index (χ4n) is 2.94. The number of aromatic amines is 1. The molecule has 11 heteroatoms. The van der Waals surface area contributed by atoms with Gasteiger partial charge >= 0.3 is 12.3 Å². The number of alkyl halides is 3. The number of hydrogen-bond donors (Lipinski definition) is 2. The van der Waals surface area contributed by atoms with Gasteiger partial charge in [0.1, 0.15) is 11.1 Å². The van der Waals surface area contributed by atoms with Crippen molar-refractivity contribution >= 4 is 23.1 Å². The molecule has 1 amide bonds. The van der Waals surface area contributed by atoms with E-state index in [1.54, 1.807) is 25.7 Å². The molecule has 148 valence electrons. The van der Waals surface area contributed by atoms with Crippen molar-refractivity contribution in [3.05, 3.63) is 12.2 Å². The zero-order valence-electron chi connectivity index (χ0n) is 15.2. The number of H-pyrrole nitrogens is 1. The first-order valence-electron chi connectivity index (χ1n) is 8.56. The Balaban J connectivity index is 1.82. The number of amides is 1. The van der Waals surface area contributed by atoms with Crippen molar-refractivity contribution in [2.24, 2.45) is 0 Å². The predicted octanol–water partition coefficient (Wildman–Crippen LogP) is 2.87. The molecule has 0 saturated carbocycles. The Morgan fingerprint density at radius 3 is 2.74 bits per heavy atom. The molecule has 0 spiro atoms. The summed E-state index contributed by atoms with van der Waals surface area (Å²) in [6.45, 7) is 6.09. The van der Waals surface area contributed by atoms with Gasteiger partial charge in [-0.2, -0.15) is 13.2 Å². The van der Waals surface area contributed by atoms with Crippen molar-refractivity contribution in [1.29, 1.82) is 0 Å². The summed E-state index contributed by atoms with van der Waals surface area (Å²) in [5.41, 5.74) is -0.343. The smallest absolute Gasteiger partial charge is 0.444 e. The van der Waals surface area contributed by atoms with Crippen LogP contribution in [0.3, 0.4) is 0 Å². The van der Waals surface area contributed by atoms with Gasteiger partial charge in [0.2, 0.25) is 5.82 Å². The second kappa shape index (κ2) is 6.86. The number of imidazole rings is 1. The molecular weight excluding hydrogens is 365 g/mol. The highest BCUT2D eigenvalue weighted by Crippen LogP contribution is 2.31. The molecule has 8 nitrogen and oxygen atoms in total. The fourth-order valence-corrected chi connectivity index (χ4v) is 2.94. The minimum atomic E-state index is -4.67. The van der Waals surface area contributed by atoms with E-state index in [9.17, 15) is 18.0 Å². The fraction of sp³-hybridized carbons (Fsp3) is 0.625. The van der Waals surface area contributed by atoms with Crippen LogP contribution in [0.4, 0.5) is 23.8 Å². The van der Waals surface area contributed by atoms with Gasteiger partial charge in [0.25, 0.3) is 0 Å². The maximum absolute atomic E-state index is 13.1. The first kappa shape index (κ1) is 19.2. The second-order valence-corrected chi connectivity index (χ2v) is 7.40. The second-order valence-electron chi connectivity index (χ2n) is 7.40. The maximum Gasteiger partial charge on any atom is 0.451 e. The van der Waals surface area contributed by atoms with Crippen LogP contribution >= 0.6 is 0 Å². The number of aromatic nitrogens is 4. The number of ether oxygens (including phenoxy) is 1. The maximum atomic E-state index is 13.1. The highest BCUT2D eigenvalue weighted by atomic mass is 19.4. The minimum Gasteiger partial charge on any atom is -0.444 e. The number of anilines is 1. The summed E-state index contributed by atoms with van der Waals surface area (Å²) >= 11 is 0. The van der Waals surface area contributed by atoms with Crippen molar-refractivity contribution in [2.75, 3.05) is 18.0 Å². The highest BCUT2D eigenvalue weighted by Gasteiger charge is 2.37. The number of alkyl carbamates (subject to hydrolysis) is 1. The summed E-state index contributed by atoms with van der Waals surface area (Å²) in [4.78, 5) is 27.5. The van der Waals surface area contributed by atoms with Crippen molar-refractivity contribution in [3.63, 3.8) is 0 Å². The SMILES string of the molecule is CC(C)(C)OC(=O)NC1CCCN(c2nc(C(F)(F)F)nc3nc[nH]c23)C1. The van der Waals surface area contributed by atoms with Crippen LogP contribution in [0.5, 0.6) is 0 Å². The number of nitrogens with one attached hydrogen (secondary N) is 2. The van der Waals surface area contributed by atoms with Crippen LogP contribution in [0.1, 0.15) is 39.4 Å². The minimum absolute atomic E-state index is 0.0467. The van der Waals surface area contributed by atoms with Gasteiger partial charge in [0.15, 0.2) is 11.5 Å². The Morgan fingerprint density at radius 1 is 1.33 bits per heavy atom. The molecule has 0 bridgehead atoms. The quantitative estimate of drug-likeness (QED) is 0.824. The van der Waals surface area contributed by atoms with E-state index < -0.39 is 23.7 Å². The molecule has 1 unspecified atom stereocenters. The van der Waals surface area contributed by atoms with Crippen LogP contribution < -0.4 is 10.2 Å². The van der Waals surface area contributed by atoms with E-state index in [0.29, 0.717) is 31.4 Å². The van der Waals surface area contributed by atoms with Crippen molar-refractivity contribution in [1.82, 2.24) is 25.3 Å². The summed E-state index contributed by atoms with van der Waals surface area (Å²) in [7, 11) is 0. The van der Waals surface area contributed by atoms with Crippen LogP contribution in [0, 0.1) is 0 Å². The first-order valence-corrected chi connectivity index (χ1v) is 8.56. The lowest BCUT2D eigenvalue weighted by Crippen LogP contribution is -2.49. The van der Waals surface area contributed by atoms with Gasteiger partial charge in [0, 0.05) is 19.1 Å². The molecule has 0 aromatic carbocycles. The largest absolute Gasteiger partial charge is 0.451 e. The Morgan fingerprint density at radius 2 is 2.07 bits per heavy atom. The topological polar surface area (TPSA) is 96.0 Å². The van der Waals surface area contributed by atoms with E-state index in [4.69, 9.17) is 4.74 Å². The van der Waals surface area contributed by atoms with E-state index in [2.05, 4.69) is 25.3 Å². The lowest BCUT2D eigenvalue weighted by atomic mass is 10.1. The molecule has 1 saturated heterocycles. The molecule has 1 aliphatic heterocycles. The molecule has 0 aliphatic carbocycles. The lowest BCUT2D eigenvalue weighted by molar-refractivity contribution is -0.144. The standard InChI is InChI=1S/C16H21F3N6O2/c1-15(2,3)27-14(26)22-9-5-4-6-25(7-9)12-10-11(21-8-20-10)23-13(24-12)16(17,18)19/h8-9H,4-7H2,1-3H3,(H,22,26)(H,20,21,23,24). The summed E-state index contributed by atoms with van der Waals surface area (Å²) in [5, 5.41) is 2.77. The van der Waals surface area contributed by atoms with E-state index in [0.717, 1.165) is 0 Å². The molecule has 2 aromatic rings. The van der Waals surface area contributed by atoms with Gasteiger partial charge in [-0.05, 0) is 33.6 Å². The zero-order chi connectivity index (χ0) is 19.8. The monoisotopic (exact) mass is 386 g/mol. The van der Waals surface area contributed by atoms with Crippen molar-refractivity contribution in [3.8, 4) is 0 Å². The Labute approximate surface area is 153 Å².